The Morgan fingerprint density at radius 1 is 1.06 bits per heavy atom. The molecule has 0 spiro atoms. The quantitative estimate of drug-likeness (QED) is 0.223. The fourth-order valence-corrected chi connectivity index (χ4v) is 5.71. The Morgan fingerprint density at radius 2 is 1.83 bits per heavy atom. The topological polar surface area (TPSA) is 92.9 Å². The number of fused-ring (bicyclic) bond motifs is 1. The van der Waals surface area contributed by atoms with E-state index in [1.807, 2.05) is 32.9 Å². The van der Waals surface area contributed by atoms with Crippen LogP contribution in [0.3, 0.4) is 0 Å². The van der Waals surface area contributed by atoms with Crippen molar-refractivity contribution in [2.45, 2.75) is 33.7 Å². The molecular formula is C27H24N2O5S. The summed E-state index contributed by atoms with van der Waals surface area (Å²) in [7, 11) is 1.56. The minimum atomic E-state index is -0.951. The number of thiazole rings is 1. The maximum atomic E-state index is 13.4. The first kappa shape index (κ1) is 22.9. The molecule has 1 saturated heterocycles. The van der Waals surface area contributed by atoms with Gasteiger partial charge in [0.2, 0.25) is 0 Å². The van der Waals surface area contributed by atoms with E-state index in [0.717, 1.165) is 26.9 Å². The van der Waals surface area contributed by atoms with Crippen molar-refractivity contribution in [1.29, 1.82) is 0 Å². The third kappa shape index (κ3) is 3.70. The highest BCUT2D eigenvalue weighted by Crippen LogP contribution is 2.45. The summed E-state index contributed by atoms with van der Waals surface area (Å²) in [5.74, 6) is -0.169. The van der Waals surface area contributed by atoms with Gasteiger partial charge in [-0.25, -0.2) is 4.98 Å². The molecule has 178 valence electrons. The molecule has 0 radical (unpaired) electrons. The normalized spacial score (nSPS) is 17.5. The molecule has 0 aliphatic carbocycles. The molecule has 5 rings (SSSR count). The van der Waals surface area contributed by atoms with E-state index in [2.05, 4.69) is 0 Å². The van der Waals surface area contributed by atoms with E-state index in [1.54, 1.807) is 44.4 Å². The third-order valence-corrected chi connectivity index (χ3v) is 7.17. The zero-order valence-corrected chi connectivity index (χ0v) is 20.8. The summed E-state index contributed by atoms with van der Waals surface area (Å²) in [4.78, 5) is 32.8. The van der Waals surface area contributed by atoms with E-state index < -0.39 is 17.7 Å². The number of benzene rings is 2. The lowest BCUT2D eigenvalue weighted by atomic mass is 9.98. The van der Waals surface area contributed by atoms with Crippen LogP contribution in [0.15, 0.2) is 52.5 Å². The number of hydrogen-bond donors (Lipinski definition) is 1. The number of nitrogens with zero attached hydrogens (tertiary/aromatic N) is 2. The molecule has 0 unspecified atom stereocenters. The van der Waals surface area contributed by atoms with Gasteiger partial charge in [0, 0.05) is 5.56 Å². The van der Waals surface area contributed by atoms with Crippen molar-refractivity contribution >= 4 is 44.1 Å². The van der Waals surface area contributed by atoms with Gasteiger partial charge < -0.3 is 14.3 Å². The number of amides is 1. The molecule has 1 amide bonds. The lowest BCUT2D eigenvalue weighted by Crippen LogP contribution is -2.29. The Bertz CT molecular complexity index is 1540. The van der Waals surface area contributed by atoms with Gasteiger partial charge in [-0.15, -0.1) is 0 Å². The number of ketones is 1. The van der Waals surface area contributed by atoms with Crippen molar-refractivity contribution < 1.29 is 23.8 Å². The second-order valence-corrected chi connectivity index (χ2v) is 9.74. The number of anilines is 1. The molecule has 1 aliphatic rings. The fourth-order valence-electron chi connectivity index (χ4n) is 4.54. The molecular weight excluding hydrogens is 464 g/mol. The number of rotatable bonds is 4. The van der Waals surface area contributed by atoms with Crippen molar-refractivity contribution in [3.8, 4) is 5.75 Å². The summed E-state index contributed by atoms with van der Waals surface area (Å²) in [5, 5.41) is 11.7. The average Bonchev–Trinajstić information content (AvgIpc) is 3.49. The van der Waals surface area contributed by atoms with Crippen LogP contribution in [0.5, 0.6) is 5.75 Å². The van der Waals surface area contributed by atoms with Crippen LogP contribution in [0.25, 0.3) is 16.0 Å². The Hall–Kier alpha value is -3.91. The van der Waals surface area contributed by atoms with E-state index in [1.165, 1.54) is 16.2 Å². The van der Waals surface area contributed by atoms with Crippen molar-refractivity contribution in [1.82, 2.24) is 4.98 Å². The minimum absolute atomic E-state index is 0.0407. The van der Waals surface area contributed by atoms with Gasteiger partial charge in [0.25, 0.3) is 5.78 Å². The van der Waals surface area contributed by atoms with Gasteiger partial charge in [-0.1, -0.05) is 17.4 Å². The molecule has 0 bridgehead atoms. The Labute approximate surface area is 206 Å². The summed E-state index contributed by atoms with van der Waals surface area (Å²) in [5.41, 5.74) is 4.00. The van der Waals surface area contributed by atoms with Gasteiger partial charge in [-0.3, -0.25) is 14.5 Å². The van der Waals surface area contributed by atoms with E-state index >= 15 is 0 Å². The highest BCUT2D eigenvalue weighted by atomic mass is 32.1. The van der Waals surface area contributed by atoms with Gasteiger partial charge in [0.05, 0.1) is 22.9 Å². The Kier molecular flexibility index (Phi) is 5.48. The smallest absolute Gasteiger partial charge is 0.302 e. The summed E-state index contributed by atoms with van der Waals surface area (Å²) in [6, 6.07) is 11.6. The lowest BCUT2D eigenvalue weighted by Gasteiger charge is -2.20. The van der Waals surface area contributed by atoms with Crippen LogP contribution in [0.2, 0.25) is 0 Å². The average molecular weight is 489 g/mol. The molecule has 1 atom stereocenters. The number of aryl methyl sites for hydroxylation is 4. The molecule has 4 aromatic rings. The van der Waals surface area contributed by atoms with Crippen molar-refractivity contribution in [3.05, 3.63) is 81.8 Å². The molecule has 0 saturated carbocycles. The van der Waals surface area contributed by atoms with Gasteiger partial charge >= 0.3 is 5.91 Å². The van der Waals surface area contributed by atoms with Crippen LogP contribution >= 0.6 is 11.3 Å². The van der Waals surface area contributed by atoms with Crippen LogP contribution in [0.1, 0.15) is 39.8 Å². The number of aliphatic hydroxyl groups excluding tert-OH is 1. The van der Waals surface area contributed by atoms with E-state index in [-0.39, 0.29) is 11.3 Å². The highest BCUT2D eigenvalue weighted by molar-refractivity contribution is 7.22. The molecule has 1 aliphatic heterocycles. The molecule has 8 heteroatoms. The second kappa shape index (κ2) is 8.39. The van der Waals surface area contributed by atoms with Gasteiger partial charge in [0.1, 0.15) is 29.1 Å². The molecule has 3 heterocycles. The van der Waals surface area contributed by atoms with Crippen LogP contribution in [-0.4, -0.2) is 28.9 Å². The number of aromatic nitrogens is 1. The zero-order chi connectivity index (χ0) is 25.0. The first-order valence-corrected chi connectivity index (χ1v) is 11.9. The van der Waals surface area contributed by atoms with Crippen molar-refractivity contribution in [2.24, 2.45) is 0 Å². The Morgan fingerprint density at radius 3 is 2.49 bits per heavy atom. The van der Waals surface area contributed by atoms with Crippen molar-refractivity contribution in [2.75, 3.05) is 12.0 Å². The molecule has 1 fully saturated rings. The third-order valence-electron chi connectivity index (χ3n) is 6.17. The maximum absolute atomic E-state index is 13.4. The molecule has 35 heavy (non-hydrogen) atoms. The number of carbonyl (C=O) groups is 2. The molecule has 2 aromatic heterocycles. The van der Waals surface area contributed by atoms with Crippen molar-refractivity contribution in [3.63, 3.8) is 0 Å². The number of Topliss-reactive ketones (excluding diaryl/α,β-unsaturated/α-hetero) is 1. The zero-order valence-electron chi connectivity index (χ0n) is 20.0. The largest absolute Gasteiger partial charge is 0.507 e. The number of carbonyl (C=O) groups excluding carboxylic acids is 2. The summed E-state index contributed by atoms with van der Waals surface area (Å²) >= 11 is 1.33. The van der Waals surface area contributed by atoms with Gasteiger partial charge in [0.15, 0.2) is 5.13 Å². The predicted octanol–water partition coefficient (Wildman–Crippen LogP) is 5.76. The number of aliphatic hydroxyl groups is 1. The lowest BCUT2D eigenvalue weighted by molar-refractivity contribution is -0.132. The summed E-state index contributed by atoms with van der Waals surface area (Å²) < 4.78 is 12.1. The second-order valence-electron chi connectivity index (χ2n) is 8.73. The number of hydrogen-bond acceptors (Lipinski definition) is 7. The monoisotopic (exact) mass is 488 g/mol. The highest BCUT2D eigenvalue weighted by Gasteiger charge is 2.49. The van der Waals surface area contributed by atoms with Crippen LogP contribution in [-0.2, 0) is 9.59 Å². The fraction of sp³-hybridized carbons (Fsp3) is 0.222. The van der Waals surface area contributed by atoms with E-state index in [4.69, 9.17) is 14.1 Å². The number of furan rings is 1. The first-order chi connectivity index (χ1) is 16.7. The van der Waals surface area contributed by atoms with E-state index in [9.17, 15) is 14.7 Å². The number of ether oxygens (including phenoxy) is 1. The summed E-state index contributed by atoms with van der Waals surface area (Å²) in [6.45, 7) is 7.59. The summed E-state index contributed by atoms with van der Waals surface area (Å²) in [6.07, 6.45) is 0. The van der Waals surface area contributed by atoms with Crippen LogP contribution in [0, 0.1) is 27.7 Å². The SMILES string of the molecule is COc1ccc(C(O)=C2C(=O)C(=O)N(c3nc4c(C)cc(C)cc4s3)[C@@H]2c2ccc(C)o2)cc1C. The molecule has 1 N–H and O–H groups in total. The van der Waals surface area contributed by atoms with Gasteiger partial charge in [-0.2, -0.15) is 0 Å². The minimum Gasteiger partial charge on any atom is -0.507 e. The maximum Gasteiger partial charge on any atom is 0.302 e. The number of methoxy groups -OCH3 is 1. The Balaban J connectivity index is 1.72. The first-order valence-electron chi connectivity index (χ1n) is 11.1. The van der Waals surface area contributed by atoms with Gasteiger partial charge in [-0.05, 0) is 80.8 Å². The predicted molar refractivity (Wildman–Crippen MR) is 135 cm³/mol. The van der Waals surface area contributed by atoms with E-state index in [0.29, 0.717) is 28.0 Å². The van der Waals surface area contributed by atoms with Crippen LogP contribution < -0.4 is 9.64 Å². The standard InChI is InChI=1S/C27H24N2O5S/c1-13-10-15(3)22-20(11-13)35-27(28-22)29-23(19-8-6-16(4)34-19)21(25(31)26(29)32)24(30)17-7-9-18(33-5)14(2)12-17/h6-12,23,30H,1-5H3/t23-/m1/s1. The van der Waals surface area contributed by atoms with Crippen LogP contribution in [0.4, 0.5) is 5.13 Å². The molecule has 2 aromatic carbocycles. The molecule has 7 nitrogen and oxygen atoms in total.